The third-order valence-corrected chi connectivity index (χ3v) is 4.32. The molecule has 1 aliphatic rings. The fraction of sp³-hybridized carbons (Fsp3) is 0.278. The smallest absolute Gasteiger partial charge is 0.316 e. The van der Waals surface area contributed by atoms with Gasteiger partial charge in [-0.1, -0.05) is 6.07 Å². The van der Waals surface area contributed by atoms with Crippen LogP contribution in [0.3, 0.4) is 0 Å². The summed E-state index contributed by atoms with van der Waals surface area (Å²) >= 11 is 0. The number of carbonyl (C=O) groups excluding carboxylic acids is 3. The van der Waals surface area contributed by atoms with E-state index in [1.54, 1.807) is 35.2 Å². The van der Waals surface area contributed by atoms with E-state index in [1.807, 2.05) is 0 Å². The highest BCUT2D eigenvalue weighted by molar-refractivity contribution is 5.95. The molecule has 0 bridgehead atoms. The highest BCUT2D eigenvalue weighted by atomic mass is 16.3. The molecular weight excluding hydrogens is 336 g/mol. The average Bonchev–Trinajstić information content (AvgIpc) is 3.15. The van der Waals surface area contributed by atoms with Gasteiger partial charge in [0.1, 0.15) is 6.26 Å². The largest absolute Gasteiger partial charge is 0.472 e. The minimum absolute atomic E-state index is 0.0807. The van der Waals surface area contributed by atoms with Crippen LogP contribution >= 0.6 is 0 Å². The van der Waals surface area contributed by atoms with Gasteiger partial charge in [0.15, 0.2) is 0 Å². The lowest BCUT2D eigenvalue weighted by atomic mass is 9.95. The maximum absolute atomic E-state index is 12.5. The van der Waals surface area contributed by atoms with E-state index in [2.05, 4.69) is 10.6 Å². The Morgan fingerprint density at radius 1 is 1.08 bits per heavy atom. The molecule has 1 aromatic heterocycles. The zero-order valence-corrected chi connectivity index (χ0v) is 14.1. The number of benzene rings is 1. The van der Waals surface area contributed by atoms with Crippen molar-refractivity contribution in [1.29, 1.82) is 0 Å². The third-order valence-electron chi connectivity index (χ3n) is 4.32. The first-order valence-corrected chi connectivity index (χ1v) is 8.32. The van der Waals surface area contributed by atoms with Crippen molar-refractivity contribution >= 4 is 29.2 Å². The Morgan fingerprint density at radius 3 is 2.38 bits per heavy atom. The van der Waals surface area contributed by atoms with Crippen LogP contribution in [0.15, 0.2) is 47.3 Å². The van der Waals surface area contributed by atoms with Gasteiger partial charge < -0.3 is 25.7 Å². The number of hydrogen-bond donors (Lipinski definition) is 3. The maximum Gasteiger partial charge on any atom is 0.316 e. The van der Waals surface area contributed by atoms with Gasteiger partial charge in [-0.25, -0.2) is 4.79 Å². The topological polar surface area (TPSA) is 118 Å². The zero-order chi connectivity index (χ0) is 18.5. The first-order valence-electron chi connectivity index (χ1n) is 8.32. The molecule has 8 heteroatoms. The van der Waals surface area contributed by atoms with E-state index in [4.69, 9.17) is 10.2 Å². The van der Waals surface area contributed by atoms with Gasteiger partial charge in [-0.15, -0.1) is 0 Å². The first-order chi connectivity index (χ1) is 12.5. The second kappa shape index (κ2) is 7.73. The summed E-state index contributed by atoms with van der Waals surface area (Å²) < 4.78 is 4.94. The number of likely N-dealkylation sites (tertiary alicyclic amines) is 1. The van der Waals surface area contributed by atoms with Crippen molar-refractivity contribution in [2.45, 2.75) is 12.8 Å². The molecule has 0 atom stereocenters. The third kappa shape index (κ3) is 4.21. The summed E-state index contributed by atoms with van der Waals surface area (Å²) in [5.41, 5.74) is 6.70. The number of primary amides is 1. The van der Waals surface area contributed by atoms with Crippen LogP contribution in [0.25, 0.3) is 0 Å². The molecule has 1 aliphatic heterocycles. The van der Waals surface area contributed by atoms with Crippen LogP contribution in [-0.2, 0) is 4.79 Å². The number of nitrogens with two attached hydrogens (primary N) is 1. The molecule has 136 valence electrons. The number of urea groups is 1. The van der Waals surface area contributed by atoms with Crippen LogP contribution < -0.4 is 16.4 Å². The normalized spacial score (nSPS) is 14.7. The van der Waals surface area contributed by atoms with E-state index in [-0.39, 0.29) is 17.7 Å². The summed E-state index contributed by atoms with van der Waals surface area (Å²) in [6, 6.07) is 7.74. The average molecular weight is 356 g/mol. The number of rotatable bonds is 4. The maximum atomic E-state index is 12.5. The van der Waals surface area contributed by atoms with Crippen molar-refractivity contribution in [3.05, 3.63) is 48.4 Å². The number of furan rings is 1. The summed E-state index contributed by atoms with van der Waals surface area (Å²) in [5.74, 6) is -0.351. The highest BCUT2D eigenvalue weighted by Crippen LogP contribution is 2.22. The van der Waals surface area contributed by atoms with Crippen molar-refractivity contribution in [2.24, 2.45) is 11.7 Å². The van der Waals surface area contributed by atoms with Crippen LogP contribution in [-0.4, -0.2) is 35.8 Å². The molecule has 4 amide bonds. The first kappa shape index (κ1) is 17.5. The minimum atomic E-state index is -0.664. The quantitative estimate of drug-likeness (QED) is 0.779. The van der Waals surface area contributed by atoms with Crippen molar-refractivity contribution in [1.82, 2.24) is 4.90 Å². The van der Waals surface area contributed by atoms with E-state index in [0.717, 1.165) is 0 Å². The van der Waals surface area contributed by atoms with Crippen molar-refractivity contribution < 1.29 is 18.8 Å². The van der Waals surface area contributed by atoms with E-state index in [1.165, 1.54) is 12.5 Å². The molecule has 0 aliphatic carbocycles. The standard InChI is InChI=1S/C18H20N4O4/c19-18(25)21-15-3-1-2-14(10-15)20-16(23)12-4-7-22(8-5-12)17(24)13-6-9-26-11-13/h1-3,6,9-12H,4-5,7-8H2,(H,20,23)(H3,19,21,25). The number of anilines is 2. The number of hydrogen-bond acceptors (Lipinski definition) is 4. The number of piperidine rings is 1. The fourth-order valence-corrected chi connectivity index (χ4v) is 2.97. The second-order valence-electron chi connectivity index (χ2n) is 6.14. The van der Waals surface area contributed by atoms with Gasteiger partial charge in [0.2, 0.25) is 5.91 Å². The second-order valence-corrected chi connectivity index (χ2v) is 6.14. The van der Waals surface area contributed by atoms with Gasteiger partial charge >= 0.3 is 6.03 Å². The molecule has 8 nitrogen and oxygen atoms in total. The molecule has 3 rings (SSSR count). The molecule has 1 aromatic carbocycles. The van der Waals surface area contributed by atoms with Crippen LogP contribution in [0.2, 0.25) is 0 Å². The van der Waals surface area contributed by atoms with Gasteiger partial charge in [-0.05, 0) is 37.1 Å². The Hall–Kier alpha value is -3.29. The number of nitrogens with zero attached hydrogens (tertiary/aromatic N) is 1. The molecule has 26 heavy (non-hydrogen) atoms. The zero-order valence-electron chi connectivity index (χ0n) is 14.1. The SMILES string of the molecule is NC(=O)Nc1cccc(NC(=O)C2CCN(C(=O)c3ccoc3)CC2)c1. The van der Waals surface area contributed by atoms with Crippen molar-refractivity contribution in [2.75, 3.05) is 23.7 Å². The lowest BCUT2D eigenvalue weighted by Gasteiger charge is -2.31. The number of carbonyl (C=O) groups is 3. The molecule has 2 aromatic rings. The minimum Gasteiger partial charge on any atom is -0.472 e. The lowest BCUT2D eigenvalue weighted by molar-refractivity contribution is -0.121. The molecule has 0 unspecified atom stereocenters. The molecule has 1 saturated heterocycles. The molecule has 4 N–H and O–H groups in total. The Morgan fingerprint density at radius 2 is 1.77 bits per heavy atom. The van der Waals surface area contributed by atoms with Gasteiger partial charge in [0.05, 0.1) is 11.8 Å². The highest BCUT2D eigenvalue weighted by Gasteiger charge is 2.28. The summed E-state index contributed by atoms with van der Waals surface area (Å²) in [6.07, 6.45) is 4.08. The van der Waals surface area contributed by atoms with Gasteiger partial charge in [-0.3, -0.25) is 9.59 Å². The summed E-state index contributed by atoms with van der Waals surface area (Å²) in [5, 5.41) is 5.31. The van der Waals surface area contributed by atoms with Crippen LogP contribution in [0.1, 0.15) is 23.2 Å². The van der Waals surface area contributed by atoms with E-state index in [9.17, 15) is 14.4 Å². The van der Waals surface area contributed by atoms with Crippen LogP contribution in [0, 0.1) is 5.92 Å². The molecule has 0 radical (unpaired) electrons. The van der Waals surface area contributed by atoms with E-state index < -0.39 is 6.03 Å². The Labute approximate surface area is 150 Å². The summed E-state index contributed by atoms with van der Waals surface area (Å²) in [7, 11) is 0. The van der Waals surface area contributed by atoms with Gasteiger partial charge in [0, 0.05) is 30.4 Å². The Kier molecular flexibility index (Phi) is 5.21. The predicted molar refractivity (Wildman–Crippen MR) is 95.6 cm³/mol. The molecule has 2 heterocycles. The van der Waals surface area contributed by atoms with Crippen LogP contribution in [0.4, 0.5) is 16.2 Å². The molecular formula is C18H20N4O4. The fourth-order valence-electron chi connectivity index (χ4n) is 2.97. The van der Waals surface area contributed by atoms with Crippen molar-refractivity contribution in [3.8, 4) is 0 Å². The van der Waals surface area contributed by atoms with E-state index in [0.29, 0.717) is 42.9 Å². The monoisotopic (exact) mass is 356 g/mol. The molecule has 0 saturated carbocycles. The molecule has 0 spiro atoms. The summed E-state index contributed by atoms with van der Waals surface area (Å²) in [4.78, 5) is 37.4. The lowest BCUT2D eigenvalue weighted by Crippen LogP contribution is -2.41. The summed E-state index contributed by atoms with van der Waals surface area (Å²) in [6.45, 7) is 1.04. The van der Waals surface area contributed by atoms with Crippen LogP contribution in [0.5, 0.6) is 0 Å². The van der Waals surface area contributed by atoms with Crippen molar-refractivity contribution in [3.63, 3.8) is 0 Å². The number of amides is 4. The Bertz CT molecular complexity index is 795. The van der Waals surface area contributed by atoms with Gasteiger partial charge in [-0.2, -0.15) is 0 Å². The van der Waals surface area contributed by atoms with E-state index >= 15 is 0 Å². The Balaban J connectivity index is 1.54. The van der Waals surface area contributed by atoms with Gasteiger partial charge in [0.25, 0.3) is 5.91 Å². The number of nitrogens with one attached hydrogen (secondary N) is 2. The predicted octanol–water partition coefficient (Wildman–Crippen LogP) is 2.26. The molecule has 1 fully saturated rings.